The normalized spacial score (nSPS) is 26.0. The number of hydrogen-bond acceptors (Lipinski definition) is 7. The number of rotatable bonds is 11. The largest absolute Gasteiger partial charge is 0.453 e. The van der Waals surface area contributed by atoms with Gasteiger partial charge in [-0.3, -0.25) is 0 Å². The number of nitrogens with zero attached hydrogens (tertiary/aromatic N) is 3. The van der Waals surface area contributed by atoms with E-state index in [1.54, 1.807) is 25.3 Å². The zero-order chi connectivity index (χ0) is 31.6. The summed E-state index contributed by atoms with van der Waals surface area (Å²) >= 11 is -1.98. The van der Waals surface area contributed by atoms with E-state index in [1.165, 1.54) is 19.6 Å². The van der Waals surface area contributed by atoms with Crippen molar-refractivity contribution in [2.75, 3.05) is 71.5 Å². The van der Waals surface area contributed by atoms with Gasteiger partial charge in [-0.1, -0.05) is 18.6 Å². The Labute approximate surface area is 268 Å². The number of benzene rings is 2. The average Bonchev–Trinajstić information content (AvgIpc) is 3.47. The minimum Gasteiger partial charge on any atom is -0.453 e. The van der Waals surface area contributed by atoms with Gasteiger partial charge in [0.05, 0.1) is 25.1 Å². The quantitative estimate of drug-likeness (QED) is 0.347. The van der Waals surface area contributed by atoms with Crippen molar-refractivity contribution in [3.05, 3.63) is 59.9 Å². The van der Waals surface area contributed by atoms with Gasteiger partial charge in [-0.15, -0.1) is 0 Å². The van der Waals surface area contributed by atoms with Crippen molar-refractivity contribution in [2.24, 2.45) is 11.8 Å². The maximum Gasteiger partial charge on any atom is 0.407 e. The number of carbonyl (C=O) groups is 1. The van der Waals surface area contributed by atoms with Gasteiger partial charge < -0.3 is 34.0 Å². The molecule has 1 unspecified atom stereocenters. The predicted octanol–water partition coefficient (Wildman–Crippen LogP) is 4.49. The molecule has 3 aliphatic heterocycles. The van der Waals surface area contributed by atoms with Crippen LogP contribution < -0.4 is 10.2 Å². The van der Waals surface area contributed by atoms with Crippen molar-refractivity contribution in [2.45, 2.75) is 60.5 Å². The Balaban J connectivity index is 1.19. The third kappa shape index (κ3) is 6.65. The Morgan fingerprint density at radius 2 is 1.76 bits per heavy atom. The number of carbonyl (C=O) groups excluding carboxylic acids is 1. The van der Waals surface area contributed by atoms with Crippen LogP contribution in [0.4, 0.5) is 14.9 Å². The fourth-order valence-electron chi connectivity index (χ4n) is 8.65. The van der Waals surface area contributed by atoms with Crippen molar-refractivity contribution in [3.63, 3.8) is 0 Å². The van der Waals surface area contributed by atoms with E-state index in [2.05, 4.69) is 26.1 Å². The molecule has 1 aliphatic carbocycles. The Hall–Kier alpha value is -2.57. The number of alkyl carbamates (subject to hydrolysis) is 1. The van der Waals surface area contributed by atoms with Gasteiger partial charge in [0, 0.05) is 37.3 Å². The summed E-state index contributed by atoms with van der Waals surface area (Å²) in [5, 5.41) is 3.17. The van der Waals surface area contributed by atoms with Gasteiger partial charge in [0.25, 0.3) is 0 Å². The van der Waals surface area contributed by atoms with Gasteiger partial charge in [0.1, 0.15) is 11.4 Å². The molecule has 9 nitrogen and oxygen atoms in total. The standard InChI is InChI=1S/C34H47FN4O5S/c1-43-32(40)36-31-9-4-8-30(31)34(24-37-16-5-17-37,26-6-3-7-27(35)20-26)25-14-18-38(19-15-25)21-33(44-2)22-39(23-33)28-10-12-29(13-11-28)45(41)42/h3,6-7,10-13,20,25,30-31H,4-5,8-9,14-19,21-24H2,1-2H3,(H,36,40)(H,41,42)/t30-,31-,34-/m0/s1. The van der Waals surface area contributed by atoms with Crippen LogP contribution in [0.3, 0.4) is 0 Å². The lowest BCUT2D eigenvalue weighted by molar-refractivity contribution is -0.0657. The first kappa shape index (κ1) is 32.4. The minimum absolute atomic E-state index is 0.0100. The third-order valence-corrected chi connectivity index (χ3v) is 11.8. The van der Waals surface area contributed by atoms with Crippen LogP contribution in [0.25, 0.3) is 0 Å². The summed E-state index contributed by atoms with van der Waals surface area (Å²) in [4.78, 5) is 20.1. The number of anilines is 1. The summed E-state index contributed by atoms with van der Waals surface area (Å²) < 4.78 is 46.8. The van der Waals surface area contributed by atoms with E-state index in [-0.39, 0.29) is 28.8 Å². The highest BCUT2D eigenvalue weighted by atomic mass is 32.2. The van der Waals surface area contributed by atoms with E-state index in [4.69, 9.17) is 9.47 Å². The number of halogens is 1. The molecule has 3 saturated heterocycles. The van der Waals surface area contributed by atoms with Gasteiger partial charge >= 0.3 is 6.09 Å². The molecular formula is C34H47FN4O5S. The highest BCUT2D eigenvalue weighted by Gasteiger charge is 2.53. The average molecular weight is 643 g/mol. The van der Waals surface area contributed by atoms with Gasteiger partial charge in [-0.05, 0) is 112 Å². The molecule has 2 aromatic rings. The first-order valence-corrected chi connectivity index (χ1v) is 17.4. The second-order valence-electron chi connectivity index (χ2n) is 13.5. The van der Waals surface area contributed by atoms with E-state index in [0.717, 1.165) is 95.7 Å². The first-order chi connectivity index (χ1) is 21.7. The highest BCUT2D eigenvalue weighted by Crippen LogP contribution is 2.51. The highest BCUT2D eigenvalue weighted by molar-refractivity contribution is 7.79. The number of amides is 1. The van der Waals surface area contributed by atoms with Crippen LogP contribution >= 0.6 is 0 Å². The maximum absolute atomic E-state index is 14.9. The van der Waals surface area contributed by atoms with Crippen LogP contribution in [0.15, 0.2) is 53.4 Å². The molecule has 2 aromatic carbocycles. The Kier molecular flexibility index (Phi) is 9.82. The van der Waals surface area contributed by atoms with Crippen LogP contribution in [0.5, 0.6) is 0 Å². The fraction of sp³-hybridized carbons (Fsp3) is 0.618. The molecule has 4 atom stereocenters. The molecule has 4 aliphatic rings. The summed E-state index contributed by atoms with van der Waals surface area (Å²) in [5.74, 6) is 0.327. The second kappa shape index (κ2) is 13.7. The van der Waals surface area contributed by atoms with Crippen LogP contribution in [0.2, 0.25) is 0 Å². The van der Waals surface area contributed by atoms with Crippen LogP contribution in [-0.4, -0.2) is 103 Å². The molecule has 3 heterocycles. The number of likely N-dealkylation sites (tertiary alicyclic amines) is 2. The van der Waals surface area contributed by atoms with E-state index in [9.17, 15) is 17.9 Å². The van der Waals surface area contributed by atoms with E-state index >= 15 is 0 Å². The zero-order valence-electron chi connectivity index (χ0n) is 26.5. The molecule has 0 radical (unpaired) electrons. The van der Waals surface area contributed by atoms with Gasteiger partial charge in [0.15, 0.2) is 11.1 Å². The molecule has 45 heavy (non-hydrogen) atoms. The number of methoxy groups -OCH3 is 2. The Morgan fingerprint density at radius 3 is 2.36 bits per heavy atom. The number of piperidine rings is 1. The lowest BCUT2D eigenvalue weighted by Gasteiger charge is -2.55. The summed E-state index contributed by atoms with van der Waals surface area (Å²) in [6, 6.07) is 14.4. The fourth-order valence-corrected chi connectivity index (χ4v) is 9.02. The Bertz CT molecular complexity index is 1350. The summed E-state index contributed by atoms with van der Waals surface area (Å²) in [5.41, 5.74) is 1.53. The molecule has 11 heteroatoms. The van der Waals surface area contributed by atoms with Gasteiger partial charge in [-0.2, -0.15) is 0 Å². The van der Waals surface area contributed by atoms with E-state index in [1.807, 2.05) is 18.2 Å². The predicted molar refractivity (Wildman–Crippen MR) is 172 cm³/mol. The molecule has 0 bridgehead atoms. The third-order valence-electron chi connectivity index (χ3n) is 11.1. The zero-order valence-corrected chi connectivity index (χ0v) is 27.3. The lowest BCUT2D eigenvalue weighted by Crippen LogP contribution is -2.68. The van der Waals surface area contributed by atoms with Crippen LogP contribution in [0.1, 0.15) is 44.1 Å². The van der Waals surface area contributed by atoms with Crippen molar-refractivity contribution >= 4 is 22.9 Å². The van der Waals surface area contributed by atoms with Crippen molar-refractivity contribution in [1.29, 1.82) is 0 Å². The Morgan fingerprint density at radius 1 is 1.02 bits per heavy atom. The summed E-state index contributed by atoms with van der Waals surface area (Å²) in [7, 11) is 3.21. The van der Waals surface area contributed by atoms with E-state index in [0.29, 0.717) is 10.8 Å². The number of nitrogens with one attached hydrogen (secondary N) is 1. The van der Waals surface area contributed by atoms with Crippen molar-refractivity contribution in [3.8, 4) is 0 Å². The molecule has 1 amide bonds. The van der Waals surface area contributed by atoms with Gasteiger partial charge in [0.2, 0.25) is 0 Å². The molecule has 6 rings (SSSR count). The molecular weight excluding hydrogens is 595 g/mol. The monoisotopic (exact) mass is 642 g/mol. The van der Waals surface area contributed by atoms with E-state index < -0.39 is 17.2 Å². The van der Waals surface area contributed by atoms with Gasteiger partial charge in [-0.25, -0.2) is 13.4 Å². The lowest BCUT2D eigenvalue weighted by atomic mass is 9.57. The summed E-state index contributed by atoms with van der Waals surface area (Å²) in [6.45, 7) is 7.23. The second-order valence-corrected chi connectivity index (χ2v) is 14.5. The molecule has 246 valence electrons. The topological polar surface area (TPSA) is 94.6 Å². The molecule has 4 fully saturated rings. The molecule has 0 spiro atoms. The smallest absolute Gasteiger partial charge is 0.407 e. The van der Waals surface area contributed by atoms with Crippen LogP contribution in [0, 0.1) is 17.7 Å². The maximum atomic E-state index is 14.9. The molecule has 0 aromatic heterocycles. The first-order valence-electron chi connectivity index (χ1n) is 16.3. The molecule has 2 N–H and O–H groups in total. The van der Waals surface area contributed by atoms with Crippen molar-refractivity contribution in [1.82, 2.24) is 15.1 Å². The number of hydrogen-bond donors (Lipinski definition) is 2. The number of ether oxygens (including phenoxy) is 2. The minimum atomic E-state index is -1.98. The SMILES string of the molecule is COC(=O)N[C@H]1CCC[C@@H]1[C@](CN1CCC1)(c1cccc(F)c1)C1CCN(CC2(OC)CN(c3ccc(S(=O)O)cc3)C2)CC1. The van der Waals surface area contributed by atoms with Crippen molar-refractivity contribution < 1.29 is 27.4 Å². The van der Waals surface area contributed by atoms with Crippen LogP contribution in [-0.2, 0) is 26.0 Å². The molecule has 1 saturated carbocycles. The summed E-state index contributed by atoms with van der Waals surface area (Å²) in [6.07, 6.45) is 5.72.